The fraction of sp³-hybridized carbons (Fsp3) is 0.333. The number of nitrogens with one attached hydrogen (secondary N) is 1. The molecule has 1 heterocycles. The summed E-state index contributed by atoms with van der Waals surface area (Å²) in [7, 11) is 0. The number of pyridine rings is 1. The number of amides is 1. The molecule has 0 aliphatic heterocycles. The van der Waals surface area contributed by atoms with Gasteiger partial charge in [0.25, 0.3) is 0 Å². The van der Waals surface area contributed by atoms with Gasteiger partial charge in [0.1, 0.15) is 5.75 Å². The van der Waals surface area contributed by atoms with E-state index in [9.17, 15) is 4.79 Å². The minimum Gasteiger partial charge on any atom is -0.439 e. The van der Waals surface area contributed by atoms with Crippen molar-refractivity contribution < 1.29 is 9.53 Å². The zero-order chi connectivity index (χ0) is 17.5. The molecule has 0 fully saturated rings. The molecule has 136 valence electrons. The molecule has 0 unspecified atom stereocenters. The quantitative estimate of drug-likeness (QED) is 0.759. The number of benzene rings is 1. The molecule has 25 heavy (non-hydrogen) atoms. The zero-order valence-corrected chi connectivity index (χ0v) is 16.2. The SMILES string of the molecule is CSCC[C@H](N)C(=O)Nc1ccc(Oc2ccc(C)c(C)c2)nc1.Cl. The van der Waals surface area contributed by atoms with Crippen LogP contribution in [0.25, 0.3) is 0 Å². The molecular weight excluding hydrogens is 358 g/mol. The van der Waals surface area contributed by atoms with E-state index in [4.69, 9.17) is 10.5 Å². The van der Waals surface area contributed by atoms with E-state index in [0.29, 0.717) is 18.0 Å². The fourth-order valence-corrected chi connectivity index (χ4v) is 2.51. The largest absolute Gasteiger partial charge is 0.439 e. The average molecular weight is 382 g/mol. The molecule has 2 aromatic rings. The number of ether oxygens (including phenoxy) is 1. The number of halogens is 1. The van der Waals surface area contributed by atoms with Gasteiger partial charge >= 0.3 is 0 Å². The number of carbonyl (C=O) groups excluding carboxylic acids is 1. The van der Waals surface area contributed by atoms with Crippen LogP contribution in [0.1, 0.15) is 17.5 Å². The maximum Gasteiger partial charge on any atom is 0.241 e. The van der Waals surface area contributed by atoms with Crippen LogP contribution >= 0.6 is 24.2 Å². The highest BCUT2D eigenvalue weighted by atomic mass is 35.5. The second-order valence-corrected chi connectivity index (χ2v) is 6.60. The van der Waals surface area contributed by atoms with Gasteiger partial charge in [-0.25, -0.2) is 4.98 Å². The van der Waals surface area contributed by atoms with Gasteiger partial charge in [0, 0.05) is 6.07 Å². The minimum absolute atomic E-state index is 0. The number of rotatable bonds is 7. The van der Waals surface area contributed by atoms with Crippen molar-refractivity contribution in [3.8, 4) is 11.6 Å². The maximum atomic E-state index is 12.0. The molecule has 0 bridgehead atoms. The molecule has 1 aromatic carbocycles. The Morgan fingerprint density at radius 3 is 2.64 bits per heavy atom. The summed E-state index contributed by atoms with van der Waals surface area (Å²) < 4.78 is 5.72. The van der Waals surface area contributed by atoms with Gasteiger partial charge in [-0.3, -0.25) is 4.79 Å². The predicted molar refractivity (Wildman–Crippen MR) is 107 cm³/mol. The third-order valence-corrected chi connectivity index (χ3v) is 4.32. The third-order valence-electron chi connectivity index (χ3n) is 3.67. The number of thioether (sulfide) groups is 1. The molecule has 0 saturated carbocycles. The summed E-state index contributed by atoms with van der Waals surface area (Å²) in [6.07, 6.45) is 4.20. The van der Waals surface area contributed by atoms with E-state index in [1.807, 2.05) is 31.4 Å². The molecular formula is C18H24ClN3O2S. The molecule has 1 aromatic heterocycles. The van der Waals surface area contributed by atoms with Crippen molar-refractivity contribution in [3.05, 3.63) is 47.7 Å². The first kappa shape index (κ1) is 21.3. The highest BCUT2D eigenvalue weighted by Crippen LogP contribution is 2.23. The number of hydrogen-bond donors (Lipinski definition) is 2. The van der Waals surface area contributed by atoms with Gasteiger partial charge in [-0.15, -0.1) is 12.4 Å². The van der Waals surface area contributed by atoms with E-state index < -0.39 is 6.04 Å². The van der Waals surface area contributed by atoms with Gasteiger partial charge in [-0.2, -0.15) is 11.8 Å². The third kappa shape index (κ3) is 6.57. The number of hydrogen-bond acceptors (Lipinski definition) is 5. The summed E-state index contributed by atoms with van der Waals surface area (Å²) in [6.45, 7) is 4.09. The van der Waals surface area contributed by atoms with E-state index in [-0.39, 0.29) is 18.3 Å². The van der Waals surface area contributed by atoms with Gasteiger partial charge in [0.2, 0.25) is 11.8 Å². The van der Waals surface area contributed by atoms with Crippen molar-refractivity contribution in [1.82, 2.24) is 4.98 Å². The Bertz CT molecular complexity index is 695. The standard InChI is InChI=1S/C18H23N3O2S.ClH/c1-12-4-6-15(10-13(12)2)23-17-7-5-14(11-20-17)21-18(22)16(19)8-9-24-3;/h4-7,10-11,16H,8-9,19H2,1-3H3,(H,21,22);1H/t16-;/m0./s1. The Labute approximate surface area is 159 Å². The Balaban J connectivity index is 0.00000312. The average Bonchev–Trinajstić information content (AvgIpc) is 2.57. The number of aryl methyl sites for hydroxylation is 2. The van der Waals surface area contributed by atoms with Gasteiger partial charge in [-0.05, 0) is 61.6 Å². The van der Waals surface area contributed by atoms with Crippen LogP contribution in [0.5, 0.6) is 11.6 Å². The van der Waals surface area contributed by atoms with Crippen molar-refractivity contribution in [1.29, 1.82) is 0 Å². The predicted octanol–water partition coefficient (Wildman–Crippen LogP) is 3.93. The zero-order valence-electron chi connectivity index (χ0n) is 14.6. The normalized spacial score (nSPS) is 11.4. The molecule has 0 spiro atoms. The van der Waals surface area contributed by atoms with Crippen molar-refractivity contribution in [2.45, 2.75) is 26.3 Å². The summed E-state index contributed by atoms with van der Waals surface area (Å²) in [5.41, 5.74) is 8.82. The monoisotopic (exact) mass is 381 g/mol. The smallest absolute Gasteiger partial charge is 0.241 e. The Morgan fingerprint density at radius 1 is 1.28 bits per heavy atom. The second kappa shape index (κ2) is 10.3. The first-order valence-electron chi connectivity index (χ1n) is 7.76. The van der Waals surface area contributed by atoms with Crippen molar-refractivity contribution >= 4 is 35.8 Å². The summed E-state index contributed by atoms with van der Waals surface area (Å²) >= 11 is 1.67. The molecule has 1 amide bonds. The number of anilines is 1. The van der Waals surface area contributed by atoms with Crippen molar-refractivity contribution in [3.63, 3.8) is 0 Å². The van der Waals surface area contributed by atoms with Gasteiger partial charge in [-0.1, -0.05) is 6.07 Å². The van der Waals surface area contributed by atoms with E-state index in [1.54, 1.807) is 30.1 Å². The van der Waals surface area contributed by atoms with Crippen molar-refractivity contribution in [2.24, 2.45) is 5.73 Å². The summed E-state index contributed by atoms with van der Waals surface area (Å²) in [5.74, 6) is 1.87. The summed E-state index contributed by atoms with van der Waals surface area (Å²) in [6, 6.07) is 8.85. The van der Waals surface area contributed by atoms with Gasteiger partial charge in [0.05, 0.1) is 17.9 Å². The number of aromatic nitrogens is 1. The van der Waals surface area contributed by atoms with E-state index >= 15 is 0 Å². The fourth-order valence-electron chi connectivity index (χ4n) is 2.02. The number of carbonyl (C=O) groups is 1. The molecule has 1 atom stereocenters. The maximum absolute atomic E-state index is 12.0. The molecule has 5 nitrogen and oxygen atoms in total. The van der Waals surface area contributed by atoms with Gasteiger partial charge in [0.15, 0.2) is 0 Å². The molecule has 0 radical (unpaired) electrons. The van der Waals surface area contributed by atoms with E-state index in [1.165, 1.54) is 5.56 Å². The van der Waals surface area contributed by atoms with Crippen LogP contribution < -0.4 is 15.8 Å². The topological polar surface area (TPSA) is 77.2 Å². The van der Waals surface area contributed by atoms with E-state index in [0.717, 1.165) is 17.1 Å². The lowest BCUT2D eigenvalue weighted by Gasteiger charge is -2.12. The number of nitrogens with two attached hydrogens (primary N) is 1. The summed E-state index contributed by atoms with van der Waals surface area (Å²) in [5, 5.41) is 2.77. The molecule has 2 rings (SSSR count). The Kier molecular flexibility index (Phi) is 8.75. The molecule has 0 aliphatic rings. The van der Waals surface area contributed by atoms with Crippen LogP contribution in [0.3, 0.4) is 0 Å². The lowest BCUT2D eigenvalue weighted by molar-refractivity contribution is -0.117. The van der Waals surface area contributed by atoms with Gasteiger partial charge < -0.3 is 15.8 Å². The van der Waals surface area contributed by atoms with Crippen LogP contribution in [0.2, 0.25) is 0 Å². The molecule has 7 heteroatoms. The first-order chi connectivity index (χ1) is 11.5. The van der Waals surface area contributed by atoms with Crippen LogP contribution in [0.15, 0.2) is 36.5 Å². The van der Waals surface area contributed by atoms with Crippen LogP contribution in [-0.2, 0) is 4.79 Å². The highest BCUT2D eigenvalue weighted by molar-refractivity contribution is 7.98. The lowest BCUT2D eigenvalue weighted by atomic mass is 10.1. The number of nitrogens with zero attached hydrogens (tertiary/aromatic N) is 1. The Morgan fingerprint density at radius 2 is 2.04 bits per heavy atom. The van der Waals surface area contributed by atoms with Crippen LogP contribution in [0, 0.1) is 13.8 Å². The Hall–Kier alpha value is -1.76. The molecule has 0 saturated heterocycles. The summed E-state index contributed by atoms with van der Waals surface area (Å²) in [4.78, 5) is 16.2. The first-order valence-corrected chi connectivity index (χ1v) is 9.15. The van der Waals surface area contributed by atoms with Crippen LogP contribution in [0.4, 0.5) is 5.69 Å². The van der Waals surface area contributed by atoms with Crippen molar-refractivity contribution in [2.75, 3.05) is 17.3 Å². The molecule has 0 aliphatic carbocycles. The lowest BCUT2D eigenvalue weighted by Crippen LogP contribution is -2.36. The molecule has 3 N–H and O–H groups in total. The minimum atomic E-state index is -0.510. The second-order valence-electron chi connectivity index (χ2n) is 5.61. The van der Waals surface area contributed by atoms with Crippen LogP contribution in [-0.4, -0.2) is 28.9 Å². The van der Waals surface area contributed by atoms with E-state index in [2.05, 4.69) is 17.2 Å². The highest BCUT2D eigenvalue weighted by Gasteiger charge is 2.13.